The molecule has 0 saturated heterocycles. The summed E-state index contributed by atoms with van der Waals surface area (Å²) in [4.78, 5) is 10.8. The van der Waals surface area contributed by atoms with Gasteiger partial charge in [-0.1, -0.05) is 32.0 Å². The maximum absolute atomic E-state index is 10.8. The van der Waals surface area contributed by atoms with Crippen LogP contribution in [0.25, 0.3) is 5.57 Å². The lowest BCUT2D eigenvalue weighted by atomic mass is 9.93. The summed E-state index contributed by atoms with van der Waals surface area (Å²) in [5.74, 6) is -0.639. The van der Waals surface area contributed by atoms with Crippen molar-refractivity contribution in [1.29, 1.82) is 0 Å². The van der Waals surface area contributed by atoms with Gasteiger partial charge in [-0.2, -0.15) is 0 Å². The molecule has 0 amide bonds. The van der Waals surface area contributed by atoms with E-state index in [1.54, 1.807) is 0 Å². The second-order valence-corrected chi connectivity index (χ2v) is 4.93. The van der Waals surface area contributed by atoms with Crippen LogP contribution >= 0.6 is 0 Å². The van der Waals surface area contributed by atoms with Crippen molar-refractivity contribution < 1.29 is 9.90 Å². The highest BCUT2D eigenvalue weighted by Crippen LogP contribution is 2.29. The summed E-state index contributed by atoms with van der Waals surface area (Å²) in [5, 5.41) is 8.91. The molecular formula is C15H18O2. The van der Waals surface area contributed by atoms with Crippen molar-refractivity contribution in [2.75, 3.05) is 0 Å². The summed E-state index contributed by atoms with van der Waals surface area (Å²) < 4.78 is 0. The number of aryl methyl sites for hydroxylation is 2. The molecule has 0 aromatic heterocycles. The van der Waals surface area contributed by atoms with Gasteiger partial charge in [0.1, 0.15) is 0 Å². The summed E-state index contributed by atoms with van der Waals surface area (Å²) >= 11 is 0. The van der Waals surface area contributed by atoms with Crippen LogP contribution in [0.5, 0.6) is 0 Å². The van der Waals surface area contributed by atoms with Gasteiger partial charge in [-0.15, -0.1) is 0 Å². The molecule has 0 saturated carbocycles. The molecule has 1 aliphatic rings. The fourth-order valence-electron chi connectivity index (χ4n) is 2.47. The Hall–Kier alpha value is -1.57. The van der Waals surface area contributed by atoms with Gasteiger partial charge >= 0.3 is 5.97 Å². The molecule has 90 valence electrons. The SMILES string of the molecule is CC(C)/C(=C\C(=O)O)c1ccc2c(c1)CCC2. The van der Waals surface area contributed by atoms with E-state index in [1.165, 1.54) is 23.6 Å². The van der Waals surface area contributed by atoms with Crippen LogP contribution < -0.4 is 0 Å². The lowest BCUT2D eigenvalue weighted by Gasteiger charge is -2.12. The molecule has 0 heterocycles. The summed E-state index contributed by atoms with van der Waals surface area (Å²) in [7, 11) is 0. The first kappa shape index (κ1) is 11.9. The zero-order valence-electron chi connectivity index (χ0n) is 10.4. The molecule has 1 aromatic carbocycles. The number of carboxylic acid groups (broad SMARTS) is 1. The van der Waals surface area contributed by atoms with Gasteiger partial charge in [-0.25, -0.2) is 4.79 Å². The van der Waals surface area contributed by atoms with E-state index < -0.39 is 5.97 Å². The molecule has 0 fully saturated rings. The summed E-state index contributed by atoms with van der Waals surface area (Å²) in [6.45, 7) is 4.06. The van der Waals surface area contributed by atoms with Gasteiger partial charge in [-0.05, 0) is 47.4 Å². The molecule has 0 spiro atoms. The average Bonchev–Trinajstić information content (AvgIpc) is 2.72. The van der Waals surface area contributed by atoms with Crippen molar-refractivity contribution >= 4 is 11.5 Å². The fraction of sp³-hybridized carbons (Fsp3) is 0.400. The van der Waals surface area contributed by atoms with E-state index in [2.05, 4.69) is 18.2 Å². The van der Waals surface area contributed by atoms with Crippen molar-refractivity contribution in [2.24, 2.45) is 5.92 Å². The van der Waals surface area contributed by atoms with E-state index in [1.807, 2.05) is 13.8 Å². The Kier molecular flexibility index (Phi) is 3.32. The molecular weight excluding hydrogens is 212 g/mol. The first-order valence-corrected chi connectivity index (χ1v) is 6.14. The minimum atomic E-state index is -0.866. The Balaban J connectivity index is 2.40. The standard InChI is InChI=1S/C15H18O2/c1-10(2)14(9-15(16)17)13-7-6-11-4-3-5-12(11)8-13/h6-10H,3-5H2,1-2H3,(H,16,17)/b14-9+. The molecule has 2 heteroatoms. The number of fused-ring (bicyclic) bond motifs is 1. The number of allylic oxidation sites excluding steroid dienone is 1. The molecule has 1 aliphatic carbocycles. The van der Waals surface area contributed by atoms with Gasteiger partial charge in [0.15, 0.2) is 0 Å². The minimum absolute atomic E-state index is 0.227. The number of benzene rings is 1. The van der Waals surface area contributed by atoms with Crippen molar-refractivity contribution in [1.82, 2.24) is 0 Å². The Morgan fingerprint density at radius 3 is 2.65 bits per heavy atom. The van der Waals surface area contributed by atoms with E-state index in [4.69, 9.17) is 5.11 Å². The highest BCUT2D eigenvalue weighted by molar-refractivity contribution is 5.90. The monoisotopic (exact) mass is 230 g/mol. The van der Waals surface area contributed by atoms with E-state index in [-0.39, 0.29) is 5.92 Å². The molecule has 17 heavy (non-hydrogen) atoms. The second-order valence-electron chi connectivity index (χ2n) is 4.93. The molecule has 2 nitrogen and oxygen atoms in total. The normalized spacial score (nSPS) is 15.1. The number of aliphatic carboxylic acids is 1. The Labute approximate surface area is 102 Å². The molecule has 1 aromatic rings. The summed E-state index contributed by atoms with van der Waals surface area (Å²) in [6.07, 6.45) is 4.84. The predicted molar refractivity (Wildman–Crippen MR) is 68.9 cm³/mol. The van der Waals surface area contributed by atoms with E-state index in [0.717, 1.165) is 24.0 Å². The van der Waals surface area contributed by atoms with Crippen LogP contribution in [0.3, 0.4) is 0 Å². The van der Waals surface area contributed by atoms with Crippen LogP contribution in [-0.2, 0) is 17.6 Å². The zero-order chi connectivity index (χ0) is 12.4. The maximum Gasteiger partial charge on any atom is 0.328 e. The van der Waals surface area contributed by atoms with Crippen LogP contribution in [0, 0.1) is 5.92 Å². The number of rotatable bonds is 3. The van der Waals surface area contributed by atoms with Crippen LogP contribution in [0.1, 0.15) is 37.0 Å². The van der Waals surface area contributed by atoms with Gasteiger partial charge in [0, 0.05) is 6.08 Å². The van der Waals surface area contributed by atoms with Crippen LogP contribution in [-0.4, -0.2) is 11.1 Å². The van der Waals surface area contributed by atoms with Crippen molar-refractivity contribution in [3.63, 3.8) is 0 Å². The largest absolute Gasteiger partial charge is 0.478 e. The van der Waals surface area contributed by atoms with Crippen molar-refractivity contribution in [3.05, 3.63) is 41.0 Å². The molecule has 0 aliphatic heterocycles. The summed E-state index contributed by atoms with van der Waals surface area (Å²) in [6, 6.07) is 6.37. The van der Waals surface area contributed by atoms with Crippen LogP contribution in [0.2, 0.25) is 0 Å². The molecule has 0 bridgehead atoms. The zero-order valence-corrected chi connectivity index (χ0v) is 10.4. The third kappa shape index (κ3) is 2.57. The lowest BCUT2D eigenvalue weighted by Crippen LogP contribution is -1.99. The van der Waals surface area contributed by atoms with E-state index in [9.17, 15) is 4.79 Å². The predicted octanol–water partition coefficient (Wildman–Crippen LogP) is 3.30. The number of hydrogen-bond donors (Lipinski definition) is 1. The first-order chi connectivity index (χ1) is 8.08. The average molecular weight is 230 g/mol. The number of hydrogen-bond acceptors (Lipinski definition) is 1. The maximum atomic E-state index is 10.8. The molecule has 0 radical (unpaired) electrons. The van der Waals surface area contributed by atoms with E-state index >= 15 is 0 Å². The first-order valence-electron chi connectivity index (χ1n) is 6.14. The van der Waals surface area contributed by atoms with E-state index in [0.29, 0.717) is 0 Å². The number of carboxylic acids is 1. The molecule has 1 N–H and O–H groups in total. The van der Waals surface area contributed by atoms with Gasteiger partial charge < -0.3 is 5.11 Å². The Morgan fingerprint density at radius 2 is 2.00 bits per heavy atom. The molecule has 0 unspecified atom stereocenters. The highest BCUT2D eigenvalue weighted by atomic mass is 16.4. The topological polar surface area (TPSA) is 37.3 Å². The quantitative estimate of drug-likeness (QED) is 0.809. The van der Waals surface area contributed by atoms with Crippen molar-refractivity contribution in [2.45, 2.75) is 33.1 Å². The third-order valence-electron chi connectivity index (χ3n) is 3.33. The van der Waals surface area contributed by atoms with Crippen LogP contribution in [0.4, 0.5) is 0 Å². The van der Waals surface area contributed by atoms with Gasteiger partial charge in [-0.3, -0.25) is 0 Å². The molecule has 0 atom stereocenters. The molecule has 2 rings (SSSR count). The van der Waals surface area contributed by atoms with Gasteiger partial charge in [0.2, 0.25) is 0 Å². The Morgan fingerprint density at radius 1 is 1.29 bits per heavy atom. The fourth-order valence-corrected chi connectivity index (χ4v) is 2.47. The highest BCUT2D eigenvalue weighted by Gasteiger charge is 2.14. The third-order valence-corrected chi connectivity index (χ3v) is 3.33. The smallest absolute Gasteiger partial charge is 0.328 e. The summed E-state index contributed by atoms with van der Waals surface area (Å²) in [5.41, 5.74) is 4.78. The van der Waals surface area contributed by atoms with Crippen molar-refractivity contribution in [3.8, 4) is 0 Å². The van der Waals surface area contributed by atoms with Crippen LogP contribution in [0.15, 0.2) is 24.3 Å². The number of carbonyl (C=O) groups is 1. The van der Waals surface area contributed by atoms with Gasteiger partial charge in [0.05, 0.1) is 0 Å². The lowest BCUT2D eigenvalue weighted by molar-refractivity contribution is -0.131. The minimum Gasteiger partial charge on any atom is -0.478 e. The second kappa shape index (κ2) is 4.74. The Bertz CT molecular complexity index is 470. The van der Waals surface area contributed by atoms with Gasteiger partial charge in [0.25, 0.3) is 0 Å².